The third-order valence-corrected chi connectivity index (χ3v) is 7.98. The number of carbonyl (C=O) groups excluding carboxylic acids is 2. The maximum absolute atomic E-state index is 13.3. The lowest BCUT2D eigenvalue weighted by atomic mass is 9.81. The number of hydrogen-bond acceptors (Lipinski definition) is 4. The number of nitrogens with one attached hydrogen (secondary N) is 1. The van der Waals surface area contributed by atoms with E-state index in [0.29, 0.717) is 6.42 Å². The monoisotopic (exact) mass is 377 g/mol. The molecule has 1 saturated carbocycles. The Kier molecular flexibility index (Phi) is 4.44. The van der Waals surface area contributed by atoms with E-state index >= 15 is 0 Å². The fourth-order valence-electron chi connectivity index (χ4n) is 6.74. The van der Waals surface area contributed by atoms with Gasteiger partial charge in [-0.1, -0.05) is 12.8 Å². The molecule has 0 spiro atoms. The number of ether oxygens (including phenoxy) is 1. The molecular weight excluding hydrogens is 346 g/mol. The zero-order valence-corrected chi connectivity index (χ0v) is 16.1. The molecule has 8 atom stereocenters. The number of nitrogens with zero attached hydrogens (tertiary/aromatic N) is 2. The van der Waals surface area contributed by atoms with Gasteiger partial charge < -0.3 is 19.6 Å². The first-order chi connectivity index (χ1) is 13.1. The van der Waals surface area contributed by atoms with Crippen LogP contribution in [-0.2, 0) is 14.3 Å². The van der Waals surface area contributed by atoms with E-state index in [-0.39, 0.29) is 48.1 Å². The molecule has 7 nitrogen and oxygen atoms in total. The minimum Gasteiger partial charge on any atom is -0.841 e. The van der Waals surface area contributed by atoms with Gasteiger partial charge in [0.1, 0.15) is 6.04 Å². The zero-order valence-electron chi connectivity index (χ0n) is 16.1. The maximum atomic E-state index is 13.3. The maximum Gasteiger partial charge on any atom is 0.228 e. The van der Waals surface area contributed by atoms with Crippen molar-refractivity contribution in [3.05, 3.63) is 0 Å². The summed E-state index contributed by atoms with van der Waals surface area (Å²) in [7, 11) is 1.70. The van der Waals surface area contributed by atoms with Gasteiger partial charge in [-0.05, 0) is 25.7 Å². The van der Waals surface area contributed by atoms with E-state index in [4.69, 9.17) is 4.74 Å². The van der Waals surface area contributed by atoms with Gasteiger partial charge in [0.25, 0.3) is 0 Å². The highest BCUT2D eigenvalue weighted by molar-refractivity contribution is 5.86. The largest absolute Gasteiger partial charge is 0.841 e. The second-order valence-electron chi connectivity index (χ2n) is 9.12. The van der Waals surface area contributed by atoms with E-state index in [9.17, 15) is 14.7 Å². The molecule has 2 amide bonds. The van der Waals surface area contributed by atoms with Crippen molar-refractivity contribution in [2.45, 2.75) is 87.9 Å². The average Bonchev–Trinajstić information content (AvgIpc) is 3.15. The Morgan fingerprint density at radius 1 is 1.04 bits per heavy atom. The van der Waals surface area contributed by atoms with E-state index in [1.165, 1.54) is 4.90 Å². The quantitative estimate of drug-likeness (QED) is 0.604. The minimum absolute atomic E-state index is 0.0370. The minimum atomic E-state index is -1.22. The Hall–Kier alpha value is -1.18. The van der Waals surface area contributed by atoms with Crippen molar-refractivity contribution in [1.82, 2.24) is 9.80 Å². The smallest absolute Gasteiger partial charge is 0.228 e. The van der Waals surface area contributed by atoms with Crippen LogP contribution in [0.3, 0.4) is 0 Å². The van der Waals surface area contributed by atoms with Crippen LogP contribution in [0.25, 0.3) is 0 Å². The molecule has 0 radical (unpaired) electrons. The van der Waals surface area contributed by atoms with Gasteiger partial charge in [-0.3, -0.25) is 14.5 Å². The summed E-state index contributed by atoms with van der Waals surface area (Å²) in [5, 5.41) is 13.2. The predicted molar refractivity (Wildman–Crippen MR) is 94.6 cm³/mol. The summed E-state index contributed by atoms with van der Waals surface area (Å²) in [6.45, 7) is 1.66. The molecule has 4 aliphatic heterocycles. The van der Waals surface area contributed by atoms with Gasteiger partial charge >= 0.3 is 0 Å². The number of methoxy groups -OCH3 is 1. The number of quaternary nitrogens is 1. The van der Waals surface area contributed by atoms with E-state index < -0.39 is 6.10 Å². The lowest BCUT2D eigenvalue weighted by Gasteiger charge is -2.56. The first kappa shape index (κ1) is 17.9. The number of hydrogen-bond donors (Lipinski definition) is 1. The topological polar surface area (TPSA) is 77.4 Å². The van der Waals surface area contributed by atoms with Crippen LogP contribution in [-0.4, -0.2) is 78.3 Å². The van der Waals surface area contributed by atoms with E-state index in [0.717, 1.165) is 58.0 Å². The normalized spacial score (nSPS) is 47.0. The number of piperidine rings is 1. The van der Waals surface area contributed by atoms with Crippen molar-refractivity contribution in [3.8, 4) is 0 Å². The standard InChI is InChI=1S/C20H30N3O4/c1-27-12-8-10-21-16(11-12)17(24)20(26)23-14-6-3-2-5-13(14)19(25)22-9-4-7-15(22)18(21)23/h12-18H,2-11H2,1H3/q-1/p+1. The Labute approximate surface area is 160 Å². The summed E-state index contributed by atoms with van der Waals surface area (Å²) in [5.74, 6) is -0.105. The molecule has 4 heterocycles. The molecule has 27 heavy (non-hydrogen) atoms. The molecule has 0 bridgehead atoms. The summed E-state index contributed by atoms with van der Waals surface area (Å²) in [4.78, 5) is 31.9. The highest BCUT2D eigenvalue weighted by Crippen LogP contribution is 2.39. The van der Waals surface area contributed by atoms with Crippen molar-refractivity contribution in [3.63, 3.8) is 0 Å². The molecule has 7 heteroatoms. The van der Waals surface area contributed by atoms with Crippen LogP contribution in [0.1, 0.15) is 51.4 Å². The van der Waals surface area contributed by atoms with Crippen molar-refractivity contribution >= 4 is 11.8 Å². The molecule has 0 aromatic rings. The molecule has 5 aliphatic rings. The first-order valence-corrected chi connectivity index (χ1v) is 10.8. The summed E-state index contributed by atoms with van der Waals surface area (Å²) < 4.78 is 5.53. The molecule has 0 aromatic carbocycles. The summed E-state index contributed by atoms with van der Waals surface area (Å²) in [6, 6.07) is -0.217. The number of carbonyl (C=O) groups is 2. The molecule has 1 aliphatic carbocycles. The molecule has 4 saturated heterocycles. The van der Waals surface area contributed by atoms with Crippen LogP contribution in [0, 0.1) is 5.92 Å². The highest BCUT2D eigenvalue weighted by atomic mass is 16.5. The van der Waals surface area contributed by atoms with E-state index in [1.54, 1.807) is 7.11 Å². The van der Waals surface area contributed by atoms with Gasteiger partial charge in [0.15, 0.2) is 6.17 Å². The molecule has 8 unspecified atom stereocenters. The Morgan fingerprint density at radius 2 is 1.81 bits per heavy atom. The number of rotatable bonds is 1. The molecule has 5 fully saturated rings. The van der Waals surface area contributed by atoms with Gasteiger partial charge in [-0.15, -0.1) is 0 Å². The Balaban J connectivity index is 1.57. The van der Waals surface area contributed by atoms with E-state index in [2.05, 4.69) is 4.90 Å². The molecule has 0 aromatic heterocycles. The molecule has 150 valence electrons. The van der Waals surface area contributed by atoms with Crippen molar-refractivity contribution in [1.29, 1.82) is 0 Å². The van der Waals surface area contributed by atoms with Crippen LogP contribution in [0.2, 0.25) is 0 Å². The van der Waals surface area contributed by atoms with Gasteiger partial charge in [-0.25, -0.2) is 0 Å². The number of amides is 2. The second kappa shape index (κ2) is 6.71. The average molecular weight is 377 g/mol. The van der Waals surface area contributed by atoms with Crippen LogP contribution in [0.15, 0.2) is 0 Å². The predicted octanol–water partition coefficient (Wildman–Crippen LogP) is -1.49. The first-order valence-electron chi connectivity index (χ1n) is 10.8. The van der Waals surface area contributed by atoms with Gasteiger partial charge in [0, 0.05) is 38.6 Å². The molecular formula is C20H31N3O4. The van der Waals surface area contributed by atoms with E-state index in [1.807, 2.05) is 4.90 Å². The van der Waals surface area contributed by atoms with Crippen molar-refractivity contribution in [2.75, 3.05) is 20.2 Å². The van der Waals surface area contributed by atoms with Crippen LogP contribution < -0.4 is 10.0 Å². The van der Waals surface area contributed by atoms with Crippen molar-refractivity contribution < 1.29 is 24.3 Å². The third-order valence-electron chi connectivity index (χ3n) is 7.98. The summed E-state index contributed by atoms with van der Waals surface area (Å²) >= 11 is 0. The second-order valence-corrected chi connectivity index (χ2v) is 9.12. The van der Waals surface area contributed by atoms with Crippen LogP contribution in [0.5, 0.6) is 0 Å². The third kappa shape index (κ3) is 2.58. The zero-order chi connectivity index (χ0) is 18.7. The summed E-state index contributed by atoms with van der Waals surface area (Å²) in [6.07, 6.45) is 6.17. The van der Waals surface area contributed by atoms with Gasteiger partial charge in [-0.2, -0.15) is 0 Å². The highest BCUT2D eigenvalue weighted by Gasteiger charge is 2.59. The lowest BCUT2D eigenvalue weighted by Crippen LogP contribution is -3.26. The van der Waals surface area contributed by atoms with Crippen molar-refractivity contribution in [2.24, 2.45) is 5.92 Å². The Bertz CT molecular complexity index is 628. The van der Waals surface area contributed by atoms with Crippen LogP contribution >= 0.6 is 0 Å². The number of fused-ring (bicyclic) bond motifs is 7. The fourth-order valence-corrected chi connectivity index (χ4v) is 6.74. The van der Waals surface area contributed by atoms with Gasteiger partial charge in [0.05, 0.1) is 24.6 Å². The molecule has 5 rings (SSSR count). The molecule has 1 N–H and O–H groups in total. The fraction of sp³-hybridized carbons (Fsp3) is 0.900. The SMILES string of the molecule is COC1CC[NH+]2C(C1)C([O-])C(=O)N1C3CCCCC3C(=O)N3CCCC3C12. The lowest BCUT2D eigenvalue weighted by molar-refractivity contribution is -0.980. The summed E-state index contributed by atoms with van der Waals surface area (Å²) in [5.41, 5.74) is 0. The van der Waals surface area contributed by atoms with Crippen LogP contribution in [0.4, 0.5) is 0 Å². The Morgan fingerprint density at radius 3 is 2.63 bits per heavy atom. The van der Waals surface area contributed by atoms with Gasteiger partial charge in [0.2, 0.25) is 11.8 Å².